The molecule has 0 aliphatic carbocycles. The summed E-state index contributed by atoms with van der Waals surface area (Å²) >= 11 is 0.942. The molecule has 0 bridgehead atoms. The van der Waals surface area contributed by atoms with Gasteiger partial charge in [-0.15, -0.1) is 5.10 Å². The molecule has 2 aromatic rings. The third kappa shape index (κ3) is 1.98. The molecule has 3 N–H and O–H groups in total. The van der Waals surface area contributed by atoms with E-state index in [1.807, 2.05) is 0 Å². The van der Waals surface area contributed by atoms with E-state index in [0.29, 0.717) is 5.00 Å². The fourth-order valence-electron chi connectivity index (χ4n) is 1.12. The number of nitrogens with zero attached hydrogens (tertiary/aromatic N) is 2. The SMILES string of the molecule is NC(=O)c1nnsc1Nc1ccccc1F. The molecule has 0 radical (unpaired) electrons. The maximum Gasteiger partial charge on any atom is 0.272 e. The molecule has 0 aliphatic heterocycles. The van der Waals surface area contributed by atoms with Crippen molar-refractivity contribution >= 4 is 28.1 Å². The minimum absolute atomic E-state index is 0.00764. The number of carbonyl (C=O) groups excluding carboxylic acids is 1. The average Bonchev–Trinajstić information content (AvgIpc) is 2.69. The quantitative estimate of drug-likeness (QED) is 0.849. The van der Waals surface area contributed by atoms with Gasteiger partial charge in [-0.25, -0.2) is 4.39 Å². The lowest BCUT2D eigenvalue weighted by molar-refractivity contribution is 0.0996. The first-order chi connectivity index (χ1) is 7.68. The lowest BCUT2D eigenvalue weighted by Gasteiger charge is -2.04. The van der Waals surface area contributed by atoms with Crippen molar-refractivity contribution in [3.63, 3.8) is 0 Å². The second-order valence-electron chi connectivity index (χ2n) is 2.92. The van der Waals surface area contributed by atoms with Crippen LogP contribution in [0.2, 0.25) is 0 Å². The van der Waals surface area contributed by atoms with Crippen molar-refractivity contribution in [3.05, 3.63) is 35.8 Å². The maximum atomic E-state index is 13.3. The summed E-state index contributed by atoms with van der Waals surface area (Å²) in [5.74, 6) is -1.13. The molecule has 0 unspecified atom stereocenters. The number of benzene rings is 1. The predicted octanol–water partition coefficient (Wildman–Crippen LogP) is 1.52. The molecular weight excluding hydrogens is 231 g/mol. The van der Waals surface area contributed by atoms with Gasteiger partial charge in [0.2, 0.25) is 0 Å². The van der Waals surface area contributed by atoms with Crippen LogP contribution in [-0.4, -0.2) is 15.5 Å². The summed E-state index contributed by atoms with van der Waals surface area (Å²) in [4.78, 5) is 11.0. The number of anilines is 2. The van der Waals surface area contributed by atoms with Crippen LogP contribution in [0.4, 0.5) is 15.1 Å². The van der Waals surface area contributed by atoms with Gasteiger partial charge in [-0.3, -0.25) is 4.79 Å². The normalized spacial score (nSPS) is 10.1. The van der Waals surface area contributed by atoms with Crippen LogP contribution in [-0.2, 0) is 0 Å². The number of nitrogens with two attached hydrogens (primary N) is 1. The van der Waals surface area contributed by atoms with E-state index in [-0.39, 0.29) is 11.4 Å². The van der Waals surface area contributed by atoms with Crippen LogP contribution in [0.1, 0.15) is 10.5 Å². The highest BCUT2D eigenvalue weighted by Gasteiger charge is 2.14. The van der Waals surface area contributed by atoms with Crippen molar-refractivity contribution in [2.75, 3.05) is 5.32 Å². The molecule has 0 fully saturated rings. The van der Waals surface area contributed by atoms with Crippen LogP contribution >= 0.6 is 11.5 Å². The van der Waals surface area contributed by atoms with E-state index < -0.39 is 11.7 Å². The van der Waals surface area contributed by atoms with Crippen LogP contribution in [0.3, 0.4) is 0 Å². The fourth-order valence-corrected chi connectivity index (χ4v) is 1.71. The molecule has 1 amide bonds. The van der Waals surface area contributed by atoms with Gasteiger partial charge in [0.1, 0.15) is 10.8 Å². The molecule has 0 saturated carbocycles. The standard InChI is InChI=1S/C9H7FN4OS/c10-5-3-1-2-4-6(5)12-9-7(8(11)15)13-14-16-9/h1-4,12H,(H2,11,15). The van der Waals surface area contributed by atoms with Crippen molar-refractivity contribution in [2.45, 2.75) is 0 Å². The molecular formula is C9H7FN4OS. The predicted molar refractivity (Wildman–Crippen MR) is 58.1 cm³/mol. The summed E-state index contributed by atoms with van der Waals surface area (Å²) < 4.78 is 16.9. The van der Waals surface area contributed by atoms with Crippen molar-refractivity contribution in [2.24, 2.45) is 5.73 Å². The summed E-state index contributed by atoms with van der Waals surface area (Å²) in [6.07, 6.45) is 0. The number of carbonyl (C=O) groups is 1. The maximum absolute atomic E-state index is 13.3. The Morgan fingerprint density at radius 1 is 1.44 bits per heavy atom. The molecule has 5 nitrogen and oxygen atoms in total. The summed E-state index contributed by atoms with van der Waals surface area (Å²) in [5.41, 5.74) is 5.34. The lowest BCUT2D eigenvalue weighted by Crippen LogP contribution is -2.13. The topological polar surface area (TPSA) is 80.9 Å². The van der Waals surface area contributed by atoms with E-state index in [0.717, 1.165) is 11.5 Å². The van der Waals surface area contributed by atoms with E-state index in [9.17, 15) is 9.18 Å². The Morgan fingerprint density at radius 2 is 2.19 bits per heavy atom. The molecule has 0 spiro atoms. The van der Waals surface area contributed by atoms with Crippen LogP contribution in [0.25, 0.3) is 0 Å². The van der Waals surface area contributed by atoms with Gasteiger partial charge in [0.15, 0.2) is 5.69 Å². The number of aromatic nitrogens is 2. The zero-order valence-corrected chi connectivity index (χ0v) is 8.79. The number of halogens is 1. The Bertz CT molecular complexity index is 528. The molecule has 2 rings (SSSR count). The van der Waals surface area contributed by atoms with Crippen LogP contribution < -0.4 is 11.1 Å². The largest absolute Gasteiger partial charge is 0.364 e. The van der Waals surface area contributed by atoms with Gasteiger partial charge in [0.05, 0.1) is 5.69 Å². The molecule has 82 valence electrons. The molecule has 1 aromatic heterocycles. The minimum atomic E-state index is -0.701. The highest BCUT2D eigenvalue weighted by molar-refractivity contribution is 7.10. The Kier molecular flexibility index (Phi) is 2.78. The Balaban J connectivity index is 2.31. The molecule has 16 heavy (non-hydrogen) atoms. The first kappa shape index (κ1) is 10.5. The minimum Gasteiger partial charge on any atom is -0.364 e. The van der Waals surface area contributed by atoms with Gasteiger partial charge in [-0.1, -0.05) is 16.6 Å². The Labute approximate surface area is 94.3 Å². The number of nitrogens with one attached hydrogen (secondary N) is 1. The van der Waals surface area contributed by atoms with Gasteiger partial charge in [-0.05, 0) is 12.1 Å². The van der Waals surface area contributed by atoms with Crippen LogP contribution in [0.15, 0.2) is 24.3 Å². The highest BCUT2D eigenvalue weighted by atomic mass is 32.1. The van der Waals surface area contributed by atoms with Gasteiger partial charge in [0, 0.05) is 11.5 Å². The van der Waals surface area contributed by atoms with Gasteiger partial charge in [-0.2, -0.15) is 0 Å². The first-order valence-electron chi connectivity index (χ1n) is 4.32. The number of para-hydroxylation sites is 1. The number of primary amides is 1. The van der Waals surface area contributed by atoms with E-state index in [1.54, 1.807) is 18.2 Å². The summed E-state index contributed by atoms with van der Waals surface area (Å²) in [6, 6.07) is 6.09. The van der Waals surface area contributed by atoms with E-state index in [4.69, 9.17) is 5.73 Å². The molecule has 1 aromatic carbocycles. The number of hydrogen-bond acceptors (Lipinski definition) is 5. The van der Waals surface area contributed by atoms with E-state index in [1.165, 1.54) is 6.07 Å². The van der Waals surface area contributed by atoms with Crippen LogP contribution in [0, 0.1) is 5.82 Å². The third-order valence-electron chi connectivity index (χ3n) is 1.84. The highest BCUT2D eigenvalue weighted by Crippen LogP contribution is 2.24. The smallest absolute Gasteiger partial charge is 0.272 e. The van der Waals surface area contributed by atoms with Crippen molar-refractivity contribution in [1.29, 1.82) is 0 Å². The number of hydrogen-bond donors (Lipinski definition) is 2. The fraction of sp³-hybridized carbons (Fsp3) is 0. The Hall–Kier alpha value is -2.02. The van der Waals surface area contributed by atoms with Crippen LogP contribution in [0.5, 0.6) is 0 Å². The number of rotatable bonds is 3. The lowest BCUT2D eigenvalue weighted by atomic mass is 10.3. The molecule has 7 heteroatoms. The third-order valence-corrected chi connectivity index (χ3v) is 2.48. The number of amides is 1. The molecule has 0 atom stereocenters. The van der Waals surface area contributed by atoms with Gasteiger partial charge < -0.3 is 11.1 Å². The zero-order valence-electron chi connectivity index (χ0n) is 7.98. The van der Waals surface area contributed by atoms with Crippen molar-refractivity contribution in [1.82, 2.24) is 9.59 Å². The van der Waals surface area contributed by atoms with Gasteiger partial charge >= 0.3 is 0 Å². The summed E-state index contributed by atoms with van der Waals surface area (Å²) in [7, 11) is 0. The second-order valence-corrected chi connectivity index (χ2v) is 3.67. The molecule has 0 saturated heterocycles. The second kappa shape index (κ2) is 4.23. The Morgan fingerprint density at radius 3 is 2.88 bits per heavy atom. The molecule has 0 aliphatic rings. The average molecular weight is 238 g/mol. The summed E-state index contributed by atoms with van der Waals surface area (Å²) in [5, 5.41) is 6.60. The van der Waals surface area contributed by atoms with Gasteiger partial charge in [0.25, 0.3) is 5.91 Å². The van der Waals surface area contributed by atoms with E-state index in [2.05, 4.69) is 14.9 Å². The summed E-state index contributed by atoms with van der Waals surface area (Å²) in [6.45, 7) is 0. The first-order valence-corrected chi connectivity index (χ1v) is 5.09. The van der Waals surface area contributed by atoms with E-state index >= 15 is 0 Å². The monoisotopic (exact) mass is 238 g/mol. The zero-order chi connectivity index (χ0) is 11.5. The van der Waals surface area contributed by atoms with Crippen molar-refractivity contribution in [3.8, 4) is 0 Å². The van der Waals surface area contributed by atoms with Crippen molar-refractivity contribution < 1.29 is 9.18 Å². The molecule has 1 heterocycles.